The van der Waals surface area contributed by atoms with Crippen molar-refractivity contribution in [3.63, 3.8) is 0 Å². The summed E-state index contributed by atoms with van der Waals surface area (Å²) in [5.41, 5.74) is 1.43. The summed E-state index contributed by atoms with van der Waals surface area (Å²) in [5, 5.41) is 19.2. The molecular formula is C17H18N4. The molecule has 0 amide bonds. The van der Waals surface area contributed by atoms with Crippen LogP contribution in [0.25, 0.3) is 10.9 Å². The van der Waals surface area contributed by atoms with Crippen molar-refractivity contribution in [3.8, 4) is 12.1 Å². The predicted molar refractivity (Wildman–Crippen MR) is 83.7 cm³/mol. The second-order valence-corrected chi connectivity index (χ2v) is 5.41. The molecule has 1 aromatic heterocycles. The lowest BCUT2D eigenvalue weighted by atomic mass is 10.1. The molecular weight excluding hydrogens is 260 g/mol. The van der Waals surface area contributed by atoms with E-state index in [1.165, 1.54) is 0 Å². The maximum Gasteiger partial charge on any atom is 0.147 e. The molecule has 0 aliphatic carbocycles. The van der Waals surface area contributed by atoms with Gasteiger partial charge in [0, 0.05) is 18.5 Å². The van der Waals surface area contributed by atoms with E-state index in [9.17, 15) is 5.26 Å². The van der Waals surface area contributed by atoms with Gasteiger partial charge in [-0.2, -0.15) is 10.5 Å². The van der Waals surface area contributed by atoms with Crippen molar-refractivity contribution in [2.24, 2.45) is 5.92 Å². The van der Waals surface area contributed by atoms with Crippen LogP contribution in [0.15, 0.2) is 30.3 Å². The largest absolute Gasteiger partial charge is 0.354 e. The molecule has 0 spiro atoms. The number of hydrogen-bond acceptors (Lipinski definition) is 4. The van der Waals surface area contributed by atoms with E-state index in [1.807, 2.05) is 35.2 Å². The van der Waals surface area contributed by atoms with Gasteiger partial charge in [0.2, 0.25) is 0 Å². The molecule has 0 saturated heterocycles. The monoisotopic (exact) mass is 278 g/mol. The maximum absolute atomic E-state index is 9.40. The number of benzene rings is 1. The Labute approximate surface area is 125 Å². The van der Waals surface area contributed by atoms with E-state index in [0.29, 0.717) is 30.3 Å². The van der Waals surface area contributed by atoms with Gasteiger partial charge >= 0.3 is 0 Å². The minimum absolute atomic E-state index is 0.423. The lowest BCUT2D eigenvalue weighted by Gasteiger charge is -2.25. The molecule has 0 N–H and O–H groups in total. The molecule has 2 aromatic rings. The van der Waals surface area contributed by atoms with E-state index in [-0.39, 0.29) is 0 Å². The third-order valence-corrected chi connectivity index (χ3v) is 3.20. The standard InChI is InChI=1S/C17H18N4/c1-13(2)12-21(9-5-8-18)17-15(11-19)10-14-6-3-4-7-16(14)20-17/h3-4,6-7,10,13H,5,9,12H2,1-2H3. The number of fused-ring (bicyclic) bond motifs is 1. The van der Waals surface area contributed by atoms with Gasteiger partial charge in [0.15, 0.2) is 0 Å². The fraction of sp³-hybridized carbons (Fsp3) is 0.353. The molecule has 1 heterocycles. The van der Waals surface area contributed by atoms with Gasteiger partial charge in [-0.05, 0) is 18.1 Å². The molecule has 4 heteroatoms. The smallest absolute Gasteiger partial charge is 0.147 e. The highest BCUT2D eigenvalue weighted by molar-refractivity contribution is 5.83. The van der Waals surface area contributed by atoms with Crippen LogP contribution in [-0.4, -0.2) is 18.1 Å². The number of para-hydroxylation sites is 1. The molecule has 2 rings (SSSR count). The summed E-state index contributed by atoms with van der Waals surface area (Å²) in [6.45, 7) is 5.61. The molecule has 0 atom stereocenters. The number of rotatable bonds is 5. The Hall–Kier alpha value is -2.59. The van der Waals surface area contributed by atoms with Gasteiger partial charge in [-0.1, -0.05) is 32.0 Å². The molecule has 0 aliphatic rings. The highest BCUT2D eigenvalue weighted by Gasteiger charge is 2.15. The highest BCUT2D eigenvalue weighted by Crippen LogP contribution is 2.24. The average Bonchev–Trinajstić information content (AvgIpc) is 2.49. The molecule has 21 heavy (non-hydrogen) atoms. The van der Waals surface area contributed by atoms with Crippen molar-refractivity contribution in [1.29, 1.82) is 10.5 Å². The number of hydrogen-bond donors (Lipinski definition) is 0. The molecule has 0 saturated carbocycles. The average molecular weight is 278 g/mol. The Balaban J connectivity index is 2.49. The number of anilines is 1. The summed E-state index contributed by atoms with van der Waals surface area (Å²) in [4.78, 5) is 6.69. The summed E-state index contributed by atoms with van der Waals surface area (Å²) in [6.07, 6.45) is 0.423. The molecule has 1 aromatic carbocycles. The van der Waals surface area contributed by atoms with E-state index in [2.05, 4.69) is 31.0 Å². The van der Waals surface area contributed by atoms with Gasteiger partial charge < -0.3 is 4.90 Å². The van der Waals surface area contributed by atoms with E-state index in [4.69, 9.17) is 5.26 Å². The van der Waals surface area contributed by atoms with Crippen LogP contribution in [0.5, 0.6) is 0 Å². The first-order valence-corrected chi connectivity index (χ1v) is 7.07. The Morgan fingerprint density at radius 3 is 2.67 bits per heavy atom. The first-order valence-electron chi connectivity index (χ1n) is 7.07. The van der Waals surface area contributed by atoms with E-state index >= 15 is 0 Å². The summed E-state index contributed by atoms with van der Waals surface area (Å²) in [6, 6.07) is 14.0. The first-order chi connectivity index (χ1) is 10.2. The molecule has 0 radical (unpaired) electrons. The van der Waals surface area contributed by atoms with Crippen molar-refractivity contribution in [2.75, 3.05) is 18.0 Å². The van der Waals surface area contributed by atoms with Crippen LogP contribution in [0.4, 0.5) is 5.82 Å². The lowest BCUT2D eigenvalue weighted by Crippen LogP contribution is -2.30. The molecule has 0 aliphatic heterocycles. The molecule has 0 bridgehead atoms. The Kier molecular flexibility index (Phi) is 4.74. The fourth-order valence-corrected chi connectivity index (χ4v) is 2.34. The van der Waals surface area contributed by atoms with Crippen molar-refractivity contribution < 1.29 is 0 Å². The SMILES string of the molecule is CC(C)CN(CCC#N)c1nc2ccccc2cc1C#N. The molecule has 4 nitrogen and oxygen atoms in total. The lowest BCUT2D eigenvalue weighted by molar-refractivity contribution is 0.608. The number of pyridine rings is 1. The summed E-state index contributed by atoms with van der Waals surface area (Å²) in [5.74, 6) is 1.11. The van der Waals surface area contributed by atoms with Crippen molar-refractivity contribution in [3.05, 3.63) is 35.9 Å². The van der Waals surface area contributed by atoms with Crippen LogP contribution >= 0.6 is 0 Å². The first kappa shape index (κ1) is 14.8. The van der Waals surface area contributed by atoms with Gasteiger partial charge in [0.25, 0.3) is 0 Å². The second kappa shape index (κ2) is 6.72. The quantitative estimate of drug-likeness (QED) is 0.840. The van der Waals surface area contributed by atoms with Crippen LogP contribution in [0.2, 0.25) is 0 Å². The third kappa shape index (κ3) is 3.49. The van der Waals surface area contributed by atoms with E-state index in [0.717, 1.165) is 17.4 Å². The van der Waals surface area contributed by atoms with Crippen LogP contribution in [0.3, 0.4) is 0 Å². The molecule has 106 valence electrons. The minimum Gasteiger partial charge on any atom is -0.354 e. The van der Waals surface area contributed by atoms with Gasteiger partial charge in [-0.25, -0.2) is 4.98 Å². The molecule has 0 fully saturated rings. The minimum atomic E-state index is 0.423. The van der Waals surface area contributed by atoms with Gasteiger partial charge in [-0.3, -0.25) is 0 Å². The van der Waals surface area contributed by atoms with Gasteiger partial charge in [0.1, 0.15) is 11.9 Å². The number of aromatic nitrogens is 1. The van der Waals surface area contributed by atoms with E-state index < -0.39 is 0 Å². The van der Waals surface area contributed by atoms with Gasteiger partial charge in [-0.15, -0.1) is 0 Å². The predicted octanol–water partition coefficient (Wildman–Crippen LogP) is 3.48. The Morgan fingerprint density at radius 2 is 2.00 bits per heavy atom. The van der Waals surface area contributed by atoms with Crippen molar-refractivity contribution in [2.45, 2.75) is 20.3 Å². The van der Waals surface area contributed by atoms with E-state index in [1.54, 1.807) is 0 Å². The Morgan fingerprint density at radius 1 is 1.24 bits per heavy atom. The third-order valence-electron chi connectivity index (χ3n) is 3.20. The second-order valence-electron chi connectivity index (χ2n) is 5.41. The number of nitriles is 2. The van der Waals surface area contributed by atoms with Crippen molar-refractivity contribution >= 4 is 16.7 Å². The maximum atomic E-state index is 9.40. The zero-order valence-corrected chi connectivity index (χ0v) is 12.4. The fourth-order valence-electron chi connectivity index (χ4n) is 2.34. The molecule has 0 unspecified atom stereocenters. The normalized spacial score (nSPS) is 10.3. The Bertz CT molecular complexity index is 707. The summed E-state index contributed by atoms with van der Waals surface area (Å²) < 4.78 is 0. The van der Waals surface area contributed by atoms with Crippen LogP contribution in [0.1, 0.15) is 25.8 Å². The summed E-state index contributed by atoms with van der Waals surface area (Å²) in [7, 11) is 0. The van der Waals surface area contributed by atoms with Crippen molar-refractivity contribution in [1.82, 2.24) is 4.98 Å². The zero-order chi connectivity index (χ0) is 15.2. The highest BCUT2D eigenvalue weighted by atomic mass is 15.2. The van der Waals surface area contributed by atoms with Crippen LogP contribution < -0.4 is 4.90 Å². The van der Waals surface area contributed by atoms with Gasteiger partial charge in [0.05, 0.1) is 23.6 Å². The number of nitrogens with zero attached hydrogens (tertiary/aromatic N) is 4. The summed E-state index contributed by atoms with van der Waals surface area (Å²) >= 11 is 0. The zero-order valence-electron chi connectivity index (χ0n) is 12.4. The van der Waals surface area contributed by atoms with Crippen LogP contribution in [0, 0.1) is 28.6 Å². The van der Waals surface area contributed by atoms with Crippen LogP contribution in [-0.2, 0) is 0 Å². The topological polar surface area (TPSA) is 63.7 Å².